The predicted octanol–water partition coefficient (Wildman–Crippen LogP) is 2.78. The molecule has 0 aliphatic carbocycles. The third-order valence-corrected chi connectivity index (χ3v) is 4.55. The third-order valence-electron chi connectivity index (χ3n) is 3.56. The zero-order valence-corrected chi connectivity index (χ0v) is 15.5. The molecule has 27 heavy (non-hydrogen) atoms. The van der Waals surface area contributed by atoms with Gasteiger partial charge in [0, 0.05) is 17.7 Å². The third kappa shape index (κ3) is 4.76. The minimum atomic E-state index is -0.701. The van der Waals surface area contributed by atoms with Crippen LogP contribution >= 0.6 is 11.8 Å². The highest BCUT2D eigenvalue weighted by atomic mass is 32.2. The lowest BCUT2D eigenvalue weighted by molar-refractivity contribution is -0.645. The number of esters is 1. The maximum Gasteiger partial charge on any atom is 0.317 e. The molecule has 0 spiro atoms. The number of rotatable bonds is 7. The van der Waals surface area contributed by atoms with Crippen molar-refractivity contribution in [2.75, 3.05) is 12.9 Å². The van der Waals surface area contributed by atoms with Crippen molar-refractivity contribution in [2.45, 2.75) is 18.1 Å². The Balaban J connectivity index is 1.57. The van der Waals surface area contributed by atoms with Crippen LogP contribution in [0.15, 0.2) is 58.1 Å². The van der Waals surface area contributed by atoms with Crippen LogP contribution in [0.3, 0.4) is 0 Å². The smallest absolute Gasteiger partial charge is 0.317 e. The summed E-state index contributed by atoms with van der Waals surface area (Å²) in [6, 6.07) is 12.1. The Morgan fingerprint density at radius 1 is 1.26 bits per heavy atom. The number of nitrogens with zero attached hydrogens (tertiary/aromatic N) is 3. The molecule has 0 fully saturated rings. The van der Waals surface area contributed by atoms with Crippen molar-refractivity contribution in [3.63, 3.8) is 0 Å². The molecule has 140 valence electrons. The van der Waals surface area contributed by atoms with Crippen molar-refractivity contribution in [3.05, 3.63) is 59.8 Å². The SMILES string of the molecule is COc1ccc(-c2nnc([C@@H](C)OC(=O)CSc3cccc[n+]3[O-])o2)cc1. The molecule has 2 heterocycles. The van der Waals surface area contributed by atoms with Crippen LogP contribution in [0.4, 0.5) is 0 Å². The average molecular weight is 387 g/mol. The standard InChI is InChI=1S/C18H17N3O5S/c1-12(25-16(22)11-27-15-5-3-4-10-21(15)23)17-19-20-18(26-17)13-6-8-14(24-2)9-7-13/h3-10,12H,11H2,1-2H3/t12-/m1/s1. The Bertz CT molecular complexity index is 913. The van der Waals surface area contributed by atoms with E-state index in [2.05, 4.69) is 10.2 Å². The van der Waals surface area contributed by atoms with Gasteiger partial charge in [0.05, 0.1) is 7.11 Å². The second-order valence-corrected chi connectivity index (χ2v) is 6.46. The fraction of sp³-hybridized carbons (Fsp3) is 0.222. The summed E-state index contributed by atoms with van der Waals surface area (Å²) >= 11 is 1.10. The quantitative estimate of drug-likeness (QED) is 0.264. The van der Waals surface area contributed by atoms with Gasteiger partial charge >= 0.3 is 5.97 Å². The minimum Gasteiger partial charge on any atom is -0.618 e. The minimum absolute atomic E-state index is 0.00390. The summed E-state index contributed by atoms with van der Waals surface area (Å²) in [4.78, 5) is 12.0. The number of aromatic nitrogens is 3. The van der Waals surface area contributed by atoms with Gasteiger partial charge in [-0.3, -0.25) is 4.79 Å². The topological polar surface area (TPSA) is 101 Å². The van der Waals surface area contributed by atoms with Crippen LogP contribution in [0, 0.1) is 5.21 Å². The van der Waals surface area contributed by atoms with Gasteiger partial charge < -0.3 is 19.1 Å². The normalized spacial score (nSPS) is 11.8. The van der Waals surface area contributed by atoms with Crippen molar-refractivity contribution >= 4 is 17.7 Å². The van der Waals surface area contributed by atoms with Crippen LogP contribution < -0.4 is 9.47 Å². The molecule has 9 heteroatoms. The zero-order valence-electron chi connectivity index (χ0n) is 14.7. The molecule has 0 saturated heterocycles. The Hall–Kier alpha value is -3.07. The molecule has 1 atom stereocenters. The molecule has 0 bridgehead atoms. The van der Waals surface area contributed by atoms with E-state index in [1.165, 1.54) is 6.20 Å². The summed E-state index contributed by atoms with van der Waals surface area (Å²) in [5.41, 5.74) is 0.729. The second kappa shape index (κ2) is 8.54. The Labute approximate surface area is 159 Å². The fourth-order valence-electron chi connectivity index (χ4n) is 2.19. The number of thioether (sulfide) groups is 1. The van der Waals surface area contributed by atoms with Crippen molar-refractivity contribution < 1.29 is 23.4 Å². The summed E-state index contributed by atoms with van der Waals surface area (Å²) in [6.45, 7) is 1.64. The maximum atomic E-state index is 12.0. The number of carbonyl (C=O) groups is 1. The van der Waals surface area contributed by atoms with Crippen molar-refractivity contribution in [1.29, 1.82) is 0 Å². The predicted molar refractivity (Wildman–Crippen MR) is 96.9 cm³/mol. The maximum absolute atomic E-state index is 12.0. The van der Waals surface area contributed by atoms with Gasteiger partial charge in [0.15, 0.2) is 12.3 Å². The monoisotopic (exact) mass is 387 g/mol. The molecule has 3 aromatic rings. The van der Waals surface area contributed by atoms with E-state index < -0.39 is 12.1 Å². The summed E-state index contributed by atoms with van der Waals surface area (Å²) in [6.07, 6.45) is 0.669. The van der Waals surface area contributed by atoms with E-state index in [9.17, 15) is 10.0 Å². The van der Waals surface area contributed by atoms with Crippen molar-refractivity contribution in [3.8, 4) is 17.2 Å². The highest BCUT2D eigenvalue weighted by Gasteiger charge is 2.20. The molecule has 1 aromatic carbocycles. The van der Waals surface area contributed by atoms with Crippen LogP contribution in [0.25, 0.3) is 11.5 Å². The molecule has 0 saturated carbocycles. The van der Waals surface area contributed by atoms with Crippen LogP contribution in [0.2, 0.25) is 0 Å². The van der Waals surface area contributed by atoms with Gasteiger partial charge in [-0.15, -0.1) is 10.2 Å². The zero-order chi connectivity index (χ0) is 19.2. The van der Waals surface area contributed by atoms with Gasteiger partial charge in [-0.25, -0.2) is 0 Å². The Morgan fingerprint density at radius 3 is 2.74 bits per heavy atom. The van der Waals surface area contributed by atoms with E-state index in [1.54, 1.807) is 56.5 Å². The first-order valence-electron chi connectivity index (χ1n) is 8.05. The van der Waals surface area contributed by atoms with E-state index in [-0.39, 0.29) is 11.6 Å². The molecule has 0 radical (unpaired) electrons. The summed E-state index contributed by atoms with van der Waals surface area (Å²) in [7, 11) is 1.59. The fourth-order valence-corrected chi connectivity index (χ4v) is 2.88. The van der Waals surface area contributed by atoms with Gasteiger partial charge in [0.1, 0.15) is 11.5 Å². The highest BCUT2D eigenvalue weighted by Crippen LogP contribution is 2.24. The number of methoxy groups -OCH3 is 1. The summed E-state index contributed by atoms with van der Waals surface area (Å²) in [5, 5.41) is 19.9. The van der Waals surface area contributed by atoms with Gasteiger partial charge in [-0.2, -0.15) is 4.73 Å². The van der Waals surface area contributed by atoms with Crippen LogP contribution in [-0.2, 0) is 9.53 Å². The molecular formula is C18H17N3O5S. The molecule has 0 aliphatic heterocycles. The first-order chi connectivity index (χ1) is 13.1. The molecule has 0 N–H and O–H groups in total. The largest absolute Gasteiger partial charge is 0.618 e. The van der Waals surface area contributed by atoms with Crippen molar-refractivity contribution in [2.24, 2.45) is 0 Å². The molecule has 8 nitrogen and oxygen atoms in total. The number of carbonyl (C=O) groups excluding carboxylic acids is 1. The van der Waals surface area contributed by atoms with Gasteiger partial charge in [-0.05, 0) is 49.0 Å². The van der Waals surface area contributed by atoms with E-state index >= 15 is 0 Å². The molecule has 2 aromatic heterocycles. The number of pyridine rings is 1. The summed E-state index contributed by atoms with van der Waals surface area (Å²) in [5.74, 6) is 0.742. The number of hydrogen-bond acceptors (Lipinski definition) is 8. The lowest BCUT2D eigenvalue weighted by Gasteiger charge is -2.09. The molecular weight excluding hydrogens is 370 g/mol. The molecule has 0 aliphatic rings. The molecule has 3 rings (SSSR count). The van der Waals surface area contributed by atoms with Gasteiger partial charge in [0.2, 0.25) is 5.89 Å². The molecule has 0 unspecified atom stereocenters. The Kier molecular flexibility index (Phi) is 5.92. The van der Waals surface area contributed by atoms with Gasteiger partial charge in [-0.1, -0.05) is 0 Å². The van der Waals surface area contributed by atoms with Crippen LogP contribution in [0.5, 0.6) is 5.75 Å². The second-order valence-electron chi connectivity index (χ2n) is 5.46. The highest BCUT2D eigenvalue weighted by molar-refractivity contribution is 7.99. The summed E-state index contributed by atoms with van der Waals surface area (Å²) < 4.78 is 16.7. The first-order valence-corrected chi connectivity index (χ1v) is 9.03. The lowest BCUT2D eigenvalue weighted by Crippen LogP contribution is -2.28. The van der Waals surface area contributed by atoms with Crippen molar-refractivity contribution in [1.82, 2.24) is 10.2 Å². The molecule has 0 amide bonds. The van der Waals surface area contributed by atoms with E-state index in [0.717, 1.165) is 23.1 Å². The Morgan fingerprint density at radius 2 is 2.04 bits per heavy atom. The van der Waals surface area contributed by atoms with Gasteiger partial charge in [0.25, 0.3) is 10.9 Å². The average Bonchev–Trinajstić information content (AvgIpc) is 3.18. The van der Waals surface area contributed by atoms with E-state index in [1.807, 2.05) is 0 Å². The van der Waals surface area contributed by atoms with Crippen LogP contribution in [-0.4, -0.2) is 29.0 Å². The number of ether oxygens (including phenoxy) is 2. The van der Waals surface area contributed by atoms with E-state index in [0.29, 0.717) is 15.6 Å². The van der Waals surface area contributed by atoms with E-state index in [4.69, 9.17) is 13.9 Å². The first kappa shape index (κ1) is 18.7. The number of hydrogen-bond donors (Lipinski definition) is 0. The lowest BCUT2D eigenvalue weighted by atomic mass is 10.2. The number of benzene rings is 1. The van der Waals surface area contributed by atoms with Crippen LogP contribution in [0.1, 0.15) is 18.9 Å².